The van der Waals surface area contributed by atoms with Crippen molar-refractivity contribution in [3.8, 4) is 16.9 Å². The van der Waals surface area contributed by atoms with Gasteiger partial charge in [-0.25, -0.2) is 4.68 Å². The summed E-state index contributed by atoms with van der Waals surface area (Å²) in [5, 5.41) is 13.4. The van der Waals surface area contributed by atoms with Crippen LogP contribution in [-0.2, 0) is 6.54 Å². The molecule has 4 aromatic rings. The van der Waals surface area contributed by atoms with Crippen LogP contribution in [0.4, 0.5) is 5.82 Å². The molecule has 0 N–H and O–H groups in total. The summed E-state index contributed by atoms with van der Waals surface area (Å²) < 4.78 is 1.99. The van der Waals surface area contributed by atoms with Crippen LogP contribution in [0.25, 0.3) is 16.9 Å². The monoisotopic (exact) mass is 424 g/mol. The van der Waals surface area contributed by atoms with Crippen LogP contribution in [0.5, 0.6) is 0 Å². The van der Waals surface area contributed by atoms with Crippen molar-refractivity contribution in [1.29, 1.82) is 0 Å². The van der Waals surface area contributed by atoms with Crippen LogP contribution in [0, 0.1) is 0 Å². The van der Waals surface area contributed by atoms with Crippen molar-refractivity contribution in [2.24, 2.45) is 0 Å². The molecule has 2 aromatic carbocycles. The van der Waals surface area contributed by atoms with Crippen molar-refractivity contribution in [2.75, 3.05) is 25.0 Å². The third-order valence-electron chi connectivity index (χ3n) is 6.05. The first-order valence-electron chi connectivity index (χ1n) is 11.2. The second-order valence-electron chi connectivity index (χ2n) is 8.42. The van der Waals surface area contributed by atoms with Crippen molar-refractivity contribution < 1.29 is 0 Å². The van der Waals surface area contributed by atoms with E-state index in [1.807, 2.05) is 35.0 Å². The first-order chi connectivity index (χ1) is 15.8. The van der Waals surface area contributed by atoms with E-state index in [2.05, 4.69) is 75.7 Å². The fourth-order valence-corrected chi connectivity index (χ4v) is 4.57. The average molecular weight is 425 g/mol. The maximum absolute atomic E-state index is 4.96. The van der Waals surface area contributed by atoms with Crippen molar-refractivity contribution in [1.82, 2.24) is 24.9 Å². The van der Waals surface area contributed by atoms with E-state index in [0.717, 1.165) is 42.4 Å². The maximum Gasteiger partial charge on any atom is 0.151 e. The summed E-state index contributed by atoms with van der Waals surface area (Å²) in [6.07, 6.45) is 6.27. The summed E-state index contributed by atoms with van der Waals surface area (Å²) in [6, 6.07) is 25.2. The molecular formula is C26H28N6. The maximum atomic E-state index is 4.96. The SMILES string of the molecule is CN(Cc1cn(-c2ccccc2)nc1-c1ccccc1)CC1CCCN1c1cccnn1. The lowest BCUT2D eigenvalue weighted by Crippen LogP contribution is -2.39. The number of aromatic nitrogens is 4. The van der Waals surface area contributed by atoms with Gasteiger partial charge in [0.25, 0.3) is 0 Å². The lowest BCUT2D eigenvalue weighted by molar-refractivity contribution is 0.303. The summed E-state index contributed by atoms with van der Waals surface area (Å²) in [5.74, 6) is 0.977. The van der Waals surface area contributed by atoms with E-state index in [9.17, 15) is 0 Å². The molecule has 0 radical (unpaired) electrons. The Kier molecular flexibility index (Phi) is 5.94. The Morgan fingerprint density at radius 3 is 2.50 bits per heavy atom. The van der Waals surface area contributed by atoms with E-state index in [-0.39, 0.29) is 0 Å². The van der Waals surface area contributed by atoms with Gasteiger partial charge in [-0.2, -0.15) is 10.2 Å². The Labute approximate surface area is 189 Å². The lowest BCUT2D eigenvalue weighted by atomic mass is 10.1. The van der Waals surface area contributed by atoms with Gasteiger partial charge in [-0.1, -0.05) is 48.5 Å². The molecule has 1 fully saturated rings. The fraction of sp³-hybridized carbons (Fsp3) is 0.269. The molecule has 6 heteroatoms. The van der Waals surface area contributed by atoms with Crippen LogP contribution in [0.3, 0.4) is 0 Å². The summed E-state index contributed by atoms with van der Waals surface area (Å²) >= 11 is 0. The molecule has 2 aromatic heterocycles. The average Bonchev–Trinajstić information content (AvgIpc) is 3.48. The van der Waals surface area contributed by atoms with Crippen molar-refractivity contribution >= 4 is 5.82 Å². The molecule has 0 saturated carbocycles. The summed E-state index contributed by atoms with van der Waals surface area (Å²) in [5.41, 5.74) is 4.49. The predicted octanol–water partition coefficient (Wildman–Crippen LogP) is 4.43. The Morgan fingerprint density at radius 1 is 0.969 bits per heavy atom. The van der Waals surface area contributed by atoms with Crippen LogP contribution in [0.1, 0.15) is 18.4 Å². The third-order valence-corrected chi connectivity index (χ3v) is 6.05. The zero-order chi connectivity index (χ0) is 21.8. The van der Waals surface area contributed by atoms with Crippen LogP contribution in [0.2, 0.25) is 0 Å². The van der Waals surface area contributed by atoms with E-state index in [4.69, 9.17) is 5.10 Å². The molecule has 5 rings (SSSR count). The van der Waals surface area contributed by atoms with Gasteiger partial charge in [0.15, 0.2) is 5.82 Å². The van der Waals surface area contributed by atoms with E-state index < -0.39 is 0 Å². The van der Waals surface area contributed by atoms with Gasteiger partial charge in [-0.15, -0.1) is 5.10 Å². The number of benzene rings is 2. The first kappa shape index (κ1) is 20.4. The minimum atomic E-state index is 0.445. The molecule has 1 aliphatic heterocycles. The van der Waals surface area contributed by atoms with E-state index in [1.165, 1.54) is 18.4 Å². The molecule has 1 atom stereocenters. The first-order valence-corrected chi connectivity index (χ1v) is 11.2. The zero-order valence-electron chi connectivity index (χ0n) is 18.4. The fourth-order valence-electron chi connectivity index (χ4n) is 4.57. The summed E-state index contributed by atoms with van der Waals surface area (Å²) in [4.78, 5) is 4.80. The van der Waals surface area contributed by atoms with Gasteiger partial charge in [0.2, 0.25) is 0 Å². The molecule has 3 heterocycles. The Hall–Kier alpha value is -3.51. The standard InChI is InChI=1S/C26H28N6/c1-30(20-24-14-9-17-31(24)25-15-8-16-27-28-25)18-22-19-32(23-12-6-3-7-13-23)29-26(22)21-10-4-2-5-11-21/h2-8,10-13,15-16,19,24H,9,14,17-18,20H2,1H3. The van der Waals surface area contributed by atoms with Gasteiger partial charge in [0.1, 0.15) is 0 Å². The predicted molar refractivity (Wildman–Crippen MR) is 128 cm³/mol. The lowest BCUT2D eigenvalue weighted by Gasteiger charge is -2.29. The van der Waals surface area contributed by atoms with Gasteiger partial charge in [0, 0.05) is 49.2 Å². The van der Waals surface area contributed by atoms with Crippen LogP contribution < -0.4 is 4.90 Å². The quantitative estimate of drug-likeness (QED) is 0.439. The zero-order valence-corrected chi connectivity index (χ0v) is 18.4. The van der Waals surface area contributed by atoms with E-state index in [0.29, 0.717) is 6.04 Å². The van der Waals surface area contributed by atoms with Gasteiger partial charge in [-0.3, -0.25) is 4.90 Å². The Balaban J connectivity index is 1.37. The molecule has 0 amide bonds. The van der Waals surface area contributed by atoms with Gasteiger partial charge in [0.05, 0.1) is 11.4 Å². The van der Waals surface area contributed by atoms with Crippen LogP contribution >= 0.6 is 0 Å². The van der Waals surface area contributed by atoms with Crippen LogP contribution in [-0.4, -0.2) is 51.1 Å². The number of nitrogens with zero attached hydrogens (tertiary/aromatic N) is 6. The largest absolute Gasteiger partial charge is 0.351 e. The molecular weight excluding hydrogens is 396 g/mol. The molecule has 0 spiro atoms. The number of hydrogen-bond donors (Lipinski definition) is 0. The summed E-state index contributed by atoms with van der Waals surface area (Å²) in [7, 11) is 2.20. The molecule has 0 bridgehead atoms. The smallest absolute Gasteiger partial charge is 0.151 e. The molecule has 1 unspecified atom stereocenters. The van der Waals surface area contributed by atoms with E-state index in [1.54, 1.807) is 6.20 Å². The number of anilines is 1. The minimum absolute atomic E-state index is 0.445. The normalized spacial score (nSPS) is 16.1. The highest BCUT2D eigenvalue weighted by Gasteiger charge is 2.27. The number of likely N-dealkylation sites (N-methyl/N-ethyl adjacent to an activating group) is 1. The van der Waals surface area contributed by atoms with Gasteiger partial charge in [-0.05, 0) is 44.2 Å². The molecule has 162 valence electrons. The van der Waals surface area contributed by atoms with Crippen LogP contribution in [0.15, 0.2) is 85.2 Å². The second-order valence-corrected chi connectivity index (χ2v) is 8.42. The highest BCUT2D eigenvalue weighted by atomic mass is 15.3. The topological polar surface area (TPSA) is 50.1 Å². The highest BCUT2D eigenvalue weighted by molar-refractivity contribution is 5.63. The number of para-hydroxylation sites is 1. The molecule has 32 heavy (non-hydrogen) atoms. The van der Waals surface area contributed by atoms with Crippen molar-refractivity contribution in [3.63, 3.8) is 0 Å². The van der Waals surface area contributed by atoms with Gasteiger partial charge < -0.3 is 4.90 Å². The Bertz CT molecular complexity index is 1130. The Morgan fingerprint density at radius 2 is 1.75 bits per heavy atom. The van der Waals surface area contributed by atoms with Crippen molar-refractivity contribution in [3.05, 3.63) is 90.8 Å². The third kappa shape index (κ3) is 4.41. The number of rotatable bonds is 7. The number of hydrogen-bond acceptors (Lipinski definition) is 5. The molecule has 1 saturated heterocycles. The second kappa shape index (κ2) is 9.32. The van der Waals surface area contributed by atoms with E-state index >= 15 is 0 Å². The molecule has 1 aliphatic rings. The van der Waals surface area contributed by atoms with Crippen molar-refractivity contribution in [2.45, 2.75) is 25.4 Å². The molecule has 0 aliphatic carbocycles. The molecule has 6 nitrogen and oxygen atoms in total. The summed E-state index contributed by atoms with van der Waals surface area (Å²) in [6.45, 7) is 2.85. The van der Waals surface area contributed by atoms with Gasteiger partial charge >= 0.3 is 0 Å². The minimum Gasteiger partial charge on any atom is -0.351 e. The highest BCUT2D eigenvalue weighted by Crippen LogP contribution is 2.27.